The molecule has 2 N–H and O–H groups in total. The Kier molecular flexibility index (Phi) is 4.73. The molecule has 0 atom stereocenters. The van der Waals surface area contributed by atoms with E-state index in [1.54, 1.807) is 0 Å². The van der Waals surface area contributed by atoms with Crippen molar-refractivity contribution >= 4 is 0 Å². The second-order valence-corrected chi connectivity index (χ2v) is 6.53. The van der Waals surface area contributed by atoms with Gasteiger partial charge in [-0.05, 0) is 13.8 Å². The second-order valence-electron chi connectivity index (χ2n) is 6.53. The molecule has 2 aromatic rings. The number of hydrogen-bond donors (Lipinski definition) is 2. The molecule has 0 saturated carbocycles. The van der Waals surface area contributed by atoms with Gasteiger partial charge >= 0.3 is 0 Å². The largest absolute Gasteiger partial charge is 0.503 e. The molecule has 0 bridgehead atoms. The first-order valence-electron chi connectivity index (χ1n) is 8.28. The van der Waals surface area contributed by atoms with E-state index in [0.717, 1.165) is 44.1 Å². The fraction of sp³-hybridized carbons (Fsp3) is 0.529. The van der Waals surface area contributed by atoms with Gasteiger partial charge in [0.25, 0.3) is 0 Å². The molecule has 1 aliphatic rings. The lowest BCUT2D eigenvalue weighted by Crippen LogP contribution is -2.45. The molecule has 0 aliphatic carbocycles. The fourth-order valence-electron chi connectivity index (χ4n) is 3.21. The molecule has 3 heterocycles. The first kappa shape index (κ1) is 16.7. The zero-order valence-corrected chi connectivity index (χ0v) is 14.5. The van der Waals surface area contributed by atoms with Gasteiger partial charge < -0.3 is 10.1 Å². The molecule has 24 heavy (non-hydrogen) atoms. The fourth-order valence-corrected chi connectivity index (χ4v) is 3.21. The Hall–Kier alpha value is -2.12. The van der Waals surface area contributed by atoms with Crippen LogP contribution < -0.4 is 5.43 Å². The highest BCUT2D eigenvalue weighted by Crippen LogP contribution is 2.16. The average molecular weight is 331 g/mol. The summed E-state index contributed by atoms with van der Waals surface area (Å²) in [6.45, 7) is 9.74. The molecule has 0 unspecified atom stereocenters. The molecule has 0 spiro atoms. The van der Waals surface area contributed by atoms with Crippen molar-refractivity contribution < 1.29 is 5.11 Å². The second kappa shape index (κ2) is 6.78. The predicted octanol–water partition coefficient (Wildman–Crippen LogP) is 0.749. The molecule has 1 aliphatic heterocycles. The summed E-state index contributed by atoms with van der Waals surface area (Å²) in [6, 6.07) is 1.48. The minimum atomic E-state index is -0.329. The van der Waals surface area contributed by atoms with Gasteiger partial charge in [0.15, 0.2) is 5.75 Å². The van der Waals surface area contributed by atoms with Crippen molar-refractivity contribution in [1.29, 1.82) is 0 Å². The van der Waals surface area contributed by atoms with Gasteiger partial charge in [0.05, 0.1) is 5.69 Å². The Balaban J connectivity index is 1.55. The molecule has 7 heteroatoms. The number of hydrogen-bond acceptors (Lipinski definition) is 5. The van der Waals surface area contributed by atoms with Crippen molar-refractivity contribution in [3.8, 4) is 5.75 Å². The molecule has 3 rings (SSSR count). The number of aromatic amines is 1. The van der Waals surface area contributed by atoms with Crippen molar-refractivity contribution in [1.82, 2.24) is 24.6 Å². The maximum atomic E-state index is 11.5. The highest BCUT2D eigenvalue weighted by atomic mass is 16.3. The lowest BCUT2D eigenvalue weighted by molar-refractivity contribution is 0.120. The van der Waals surface area contributed by atoms with Crippen LogP contribution in [0.1, 0.15) is 22.6 Å². The third-order valence-corrected chi connectivity index (χ3v) is 4.85. The third kappa shape index (κ3) is 3.52. The summed E-state index contributed by atoms with van der Waals surface area (Å²) in [7, 11) is 1.99. The van der Waals surface area contributed by atoms with E-state index < -0.39 is 0 Å². The van der Waals surface area contributed by atoms with Gasteiger partial charge in [-0.3, -0.25) is 19.3 Å². The van der Waals surface area contributed by atoms with E-state index >= 15 is 0 Å². The summed E-state index contributed by atoms with van der Waals surface area (Å²) >= 11 is 0. The number of aryl methyl sites for hydroxylation is 2. The van der Waals surface area contributed by atoms with Gasteiger partial charge in [-0.1, -0.05) is 0 Å². The van der Waals surface area contributed by atoms with Crippen molar-refractivity contribution in [2.24, 2.45) is 7.05 Å². The van der Waals surface area contributed by atoms with E-state index in [1.807, 2.05) is 11.7 Å². The SMILES string of the molecule is Cc1nn(C)c(C)c1CN1CCN(Cc2cc(=O)c(O)c[nH]2)CC1. The summed E-state index contributed by atoms with van der Waals surface area (Å²) in [5.41, 5.74) is 4.18. The third-order valence-electron chi connectivity index (χ3n) is 4.85. The maximum absolute atomic E-state index is 11.5. The van der Waals surface area contributed by atoms with Gasteiger partial charge in [-0.25, -0.2) is 0 Å². The van der Waals surface area contributed by atoms with E-state index in [4.69, 9.17) is 0 Å². The number of nitrogens with zero attached hydrogens (tertiary/aromatic N) is 4. The molecule has 1 saturated heterocycles. The minimum absolute atomic E-state index is 0.231. The quantitative estimate of drug-likeness (QED) is 0.864. The Morgan fingerprint density at radius 2 is 1.79 bits per heavy atom. The summed E-state index contributed by atoms with van der Waals surface area (Å²) in [5.74, 6) is -0.231. The van der Waals surface area contributed by atoms with Crippen molar-refractivity contribution in [2.45, 2.75) is 26.9 Å². The molecular formula is C17H25N5O2. The first-order chi connectivity index (χ1) is 11.4. The highest BCUT2D eigenvalue weighted by Gasteiger charge is 2.20. The molecular weight excluding hydrogens is 306 g/mol. The van der Waals surface area contributed by atoms with Crippen LogP contribution in [0.4, 0.5) is 0 Å². The number of piperazine rings is 1. The number of H-pyrrole nitrogens is 1. The summed E-state index contributed by atoms with van der Waals surface area (Å²) in [6.07, 6.45) is 1.36. The van der Waals surface area contributed by atoms with Crippen LogP contribution in [0.5, 0.6) is 5.75 Å². The summed E-state index contributed by atoms with van der Waals surface area (Å²) in [4.78, 5) is 19.2. The zero-order chi connectivity index (χ0) is 17.3. The van der Waals surface area contributed by atoms with Crippen LogP contribution in [0.15, 0.2) is 17.1 Å². The molecule has 1 fully saturated rings. The van der Waals surface area contributed by atoms with Crippen LogP contribution in [-0.2, 0) is 20.1 Å². The van der Waals surface area contributed by atoms with Crippen LogP contribution in [0.2, 0.25) is 0 Å². The monoisotopic (exact) mass is 331 g/mol. The molecule has 7 nitrogen and oxygen atoms in total. The number of pyridine rings is 1. The normalized spacial score (nSPS) is 16.6. The number of nitrogens with one attached hydrogen (secondary N) is 1. The van der Waals surface area contributed by atoms with Crippen molar-refractivity contribution in [3.63, 3.8) is 0 Å². The van der Waals surface area contributed by atoms with Gasteiger partial charge in [-0.2, -0.15) is 5.10 Å². The first-order valence-corrected chi connectivity index (χ1v) is 8.28. The Bertz CT molecular complexity index is 772. The Morgan fingerprint density at radius 3 is 2.33 bits per heavy atom. The zero-order valence-electron chi connectivity index (χ0n) is 14.5. The van der Waals surface area contributed by atoms with E-state index in [-0.39, 0.29) is 11.2 Å². The van der Waals surface area contributed by atoms with Crippen LogP contribution >= 0.6 is 0 Å². The van der Waals surface area contributed by atoms with Crippen LogP contribution in [0.3, 0.4) is 0 Å². The summed E-state index contributed by atoms with van der Waals surface area (Å²) < 4.78 is 1.95. The van der Waals surface area contributed by atoms with E-state index in [0.29, 0.717) is 6.54 Å². The Labute approximate surface area is 141 Å². The topological polar surface area (TPSA) is 77.4 Å². The molecule has 0 radical (unpaired) electrons. The molecule has 0 amide bonds. The standard InChI is InChI=1S/C17H25N5O2/c1-12-15(13(2)20(3)19-12)11-22-6-4-21(5-7-22)10-14-8-16(23)17(24)9-18-14/h8-9,24H,4-7,10-11H2,1-3H3,(H,18,23). The average Bonchev–Trinajstić information content (AvgIpc) is 2.79. The molecule has 0 aromatic carbocycles. The summed E-state index contributed by atoms with van der Waals surface area (Å²) in [5, 5.41) is 13.8. The van der Waals surface area contributed by atoms with Gasteiger partial charge in [0, 0.05) is 75.5 Å². The van der Waals surface area contributed by atoms with Gasteiger partial charge in [-0.15, -0.1) is 0 Å². The molecule has 130 valence electrons. The lowest BCUT2D eigenvalue weighted by atomic mass is 10.1. The maximum Gasteiger partial charge on any atom is 0.223 e. The lowest BCUT2D eigenvalue weighted by Gasteiger charge is -2.34. The van der Waals surface area contributed by atoms with Crippen LogP contribution in [0, 0.1) is 13.8 Å². The van der Waals surface area contributed by atoms with E-state index in [9.17, 15) is 9.90 Å². The number of aromatic hydroxyl groups is 1. The Morgan fingerprint density at radius 1 is 1.17 bits per heavy atom. The smallest absolute Gasteiger partial charge is 0.223 e. The van der Waals surface area contributed by atoms with Crippen molar-refractivity contribution in [3.05, 3.63) is 45.1 Å². The number of aromatic nitrogens is 3. The van der Waals surface area contributed by atoms with E-state index in [1.165, 1.54) is 23.5 Å². The van der Waals surface area contributed by atoms with Crippen molar-refractivity contribution in [2.75, 3.05) is 26.2 Å². The van der Waals surface area contributed by atoms with Gasteiger partial charge in [0.2, 0.25) is 5.43 Å². The molecule has 2 aromatic heterocycles. The minimum Gasteiger partial charge on any atom is -0.503 e. The van der Waals surface area contributed by atoms with Gasteiger partial charge in [0.1, 0.15) is 0 Å². The predicted molar refractivity (Wildman–Crippen MR) is 92.0 cm³/mol. The van der Waals surface area contributed by atoms with Crippen LogP contribution in [0.25, 0.3) is 0 Å². The van der Waals surface area contributed by atoms with Crippen LogP contribution in [-0.4, -0.2) is 55.8 Å². The van der Waals surface area contributed by atoms with E-state index in [2.05, 4.69) is 33.7 Å². The number of rotatable bonds is 4. The highest BCUT2D eigenvalue weighted by molar-refractivity contribution is 5.24.